The first-order valence-corrected chi connectivity index (χ1v) is 5.25. The smallest absolute Gasteiger partial charge is 0.376 e. The zero-order valence-electron chi connectivity index (χ0n) is 10.7. The summed E-state index contributed by atoms with van der Waals surface area (Å²) in [6, 6.07) is 0. The molecule has 1 unspecified atom stereocenters. The molecule has 0 rings (SSSR count). The number of esters is 2. The fourth-order valence-electron chi connectivity index (χ4n) is 0.941. The summed E-state index contributed by atoms with van der Waals surface area (Å²) in [6.45, 7) is 10.7. The highest BCUT2D eigenvalue weighted by molar-refractivity contribution is 5.88. The van der Waals surface area contributed by atoms with Gasteiger partial charge in [-0.3, -0.25) is 0 Å². The Labute approximate surface area is 106 Å². The van der Waals surface area contributed by atoms with Crippen LogP contribution in [0.2, 0.25) is 0 Å². The number of aliphatic hydroxyl groups is 2. The van der Waals surface area contributed by atoms with Gasteiger partial charge in [-0.05, 0) is 20.8 Å². The van der Waals surface area contributed by atoms with Crippen molar-refractivity contribution in [2.24, 2.45) is 0 Å². The summed E-state index contributed by atoms with van der Waals surface area (Å²) in [5.74, 6) is -4.42. The van der Waals surface area contributed by atoms with E-state index in [2.05, 4.69) is 22.6 Å². The van der Waals surface area contributed by atoms with Gasteiger partial charge in [-0.15, -0.1) is 0 Å². The van der Waals surface area contributed by atoms with Crippen LogP contribution in [0.3, 0.4) is 0 Å². The molecule has 0 bridgehead atoms. The minimum absolute atomic E-state index is 0.0189. The maximum Gasteiger partial charge on any atom is 0.376 e. The van der Waals surface area contributed by atoms with Crippen molar-refractivity contribution in [1.29, 1.82) is 0 Å². The fraction of sp³-hybridized carbons (Fsp3) is 0.500. The average molecular weight is 258 g/mol. The lowest BCUT2D eigenvalue weighted by molar-refractivity contribution is -0.330. The monoisotopic (exact) mass is 258 g/mol. The van der Waals surface area contributed by atoms with E-state index < -0.39 is 30.4 Å². The van der Waals surface area contributed by atoms with Crippen LogP contribution in [0, 0.1) is 0 Å². The first-order valence-electron chi connectivity index (χ1n) is 5.25. The predicted molar refractivity (Wildman–Crippen MR) is 63.1 cm³/mol. The van der Waals surface area contributed by atoms with E-state index in [-0.39, 0.29) is 11.1 Å². The van der Waals surface area contributed by atoms with Crippen LogP contribution in [0.5, 0.6) is 0 Å². The van der Waals surface area contributed by atoms with Crippen LogP contribution in [0.15, 0.2) is 24.3 Å². The lowest BCUT2D eigenvalue weighted by Crippen LogP contribution is -2.42. The molecule has 0 aromatic rings. The second-order valence-corrected chi connectivity index (χ2v) is 4.11. The molecule has 0 spiro atoms. The fourth-order valence-corrected chi connectivity index (χ4v) is 0.941. The highest BCUT2D eigenvalue weighted by Crippen LogP contribution is 2.20. The molecule has 1 atom stereocenters. The summed E-state index contributed by atoms with van der Waals surface area (Å²) < 4.78 is 9.21. The van der Waals surface area contributed by atoms with E-state index in [0.717, 1.165) is 0 Å². The second kappa shape index (κ2) is 6.32. The molecule has 0 amide bonds. The first kappa shape index (κ1) is 16.3. The van der Waals surface area contributed by atoms with E-state index in [1.807, 2.05) is 0 Å². The minimum Gasteiger partial charge on any atom is -0.394 e. The summed E-state index contributed by atoms with van der Waals surface area (Å²) >= 11 is 0. The van der Waals surface area contributed by atoms with Gasteiger partial charge in [-0.25, -0.2) is 9.59 Å². The number of aliphatic hydroxyl groups excluding tert-OH is 1. The Balaban J connectivity index is 4.93. The van der Waals surface area contributed by atoms with Crippen molar-refractivity contribution >= 4 is 11.9 Å². The highest BCUT2D eigenvalue weighted by atomic mass is 16.8. The van der Waals surface area contributed by atoms with Gasteiger partial charge in [0.05, 0.1) is 12.5 Å². The molecular formula is C12H18O6. The molecule has 0 saturated heterocycles. The molecule has 18 heavy (non-hydrogen) atoms. The Morgan fingerprint density at radius 3 is 1.72 bits per heavy atom. The van der Waals surface area contributed by atoms with Crippen LogP contribution >= 0.6 is 0 Å². The zero-order chi connectivity index (χ0) is 14.5. The van der Waals surface area contributed by atoms with Gasteiger partial charge in [0.25, 0.3) is 0 Å². The molecule has 0 aliphatic rings. The van der Waals surface area contributed by atoms with Crippen LogP contribution < -0.4 is 0 Å². The lowest BCUT2D eigenvalue weighted by Gasteiger charge is -2.28. The van der Waals surface area contributed by atoms with E-state index in [9.17, 15) is 19.8 Å². The van der Waals surface area contributed by atoms with Crippen LogP contribution in [0.1, 0.15) is 27.2 Å². The summed E-state index contributed by atoms with van der Waals surface area (Å²) in [4.78, 5) is 22.6. The van der Waals surface area contributed by atoms with E-state index in [1.54, 1.807) is 0 Å². The molecule has 2 N–H and O–H groups in total. The molecule has 0 aromatic carbocycles. The van der Waals surface area contributed by atoms with Crippen molar-refractivity contribution in [3.63, 3.8) is 0 Å². The van der Waals surface area contributed by atoms with Crippen molar-refractivity contribution in [3.05, 3.63) is 24.3 Å². The van der Waals surface area contributed by atoms with Gasteiger partial charge in [0.2, 0.25) is 0 Å². The minimum atomic E-state index is -2.54. The zero-order valence-corrected chi connectivity index (χ0v) is 10.7. The Bertz CT molecular complexity index is 341. The number of hydrogen-bond acceptors (Lipinski definition) is 6. The Morgan fingerprint density at radius 1 is 1.17 bits per heavy atom. The molecule has 0 heterocycles. The number of rotatable bonds is 6. The van der Waals surface area contributed by atoms with Crippen LogP contribution in [-0.4, -0.2) is 34.2 Å². The molecule has 0 fully saturated rings. The van der Waals surface area contributed by atoms with Crippen molar-refractivity contribution in [1.82, 2.24) is 0 Å². The molecule has 6 heteroatoms. The van der Waals surface area contributed by atoms with Gasteiger partial charge in [0, 0.05) is 11.1 Å². The van der Waals surface area contributed by atoms with E-state index in [1.165, 1.54) is 20.8 Å². The number of hydrogen-bond donors (Lipinski definition) is 2. The van der Waals surface area contributed by atoms with Crippen molar-refractivity contribution in [3.8, 4) is 0 Å². The molecule has 0 aromatic heterocycles. The van der Waals surface area contributed by atoms with Crippen LogP contribution in [0.4, 0.5) is 0 Å². The van der Waals surface area contributed by atoms with Gasteiger partial charge in [-0.1, -0.05) is 13.2 Å². The Morgan fingerprint density at radius 2 is 1.50 bits per heavy atom. The third-order valence-electron chi connectivity index (χ3n) is 1.75. The summed E-state index contributed by atoms with van der Waals surface area (Å²) in [5.41, 5.74) is 0.0378. The maximum atomic E-state index is 11.3. The molecule has 102 valence electrons. The lowest BCUT2D eigenvalue weighted by atomic mass is 10.2. The highest BCUT2D eigenvalue weighted by Gasteiger charge is 2.38. The van der Waals surface area contributed by atoms with Crippen molar-refractivity contribution in [2.45, 2.75) is 39.3 Å². The molecular weight excluding hydrogens is 240 g/mol. The normalized spacial score (nSPS) is 12.5. The quantitative estimate of drug-likeness (QED) is 0.412. The van der Waals surface area contributed by atoms with Gasteiger partial charge in [0.15, 0.2) is 0 Å². The Kier molecular flexibility index (Phi) is 5.74. The summed E-state index contributed by atoms with van der Waals surface area (Å²) in [7, 11) is 0. The van der Waals surface area contributed by atoms with E-state index in [4.69, 9.17) is 0 Å². The van der Waals surface area contributed by atoms with Crippen LogP contribution in [-0.2, 0) is 19.1 Å². The van der Waals surface area contributed by atoms with Crippen molar-refractivity contribution in [2.75, 3.05) is 0 Å². The average Bonchev–Trinajstić information content (AvgIpc) is 2.14. The van der Waals surface area contributed by atoms with Gasteiger partial charge >= 0.3 is 17.9 Å². The van der Waals surface area contributed by atoms with Gasteiger partial charge in [-0.2, -0.15) is 0 Å². The van der Waals surface area contributed by atoms with E-state index in [0.29, 0.717) is 0 Å². The van der Waals surface area contributed by atoms with Gasteiger partial charge in [0.1, 0.15) is 0 Å². The third kappa shape index (κ3) is 5.60. The summed E-state index contributed by atoms with van der Waals surface area (Å²) in [6.07, 6.45) is -1.53. The molecule has 6 nitrogen and oxygen atoms in total. The molecule has 0 aliphatic carbocycles. The predicted octanol–water partition coefficient (Wildman–Crippen LogP) is 0.642. The molecule has 0 aliphatic heterocycles. The largest absolute Gasteiger partial charge is 0.394 e. The van der Waals surface area contributed by atoms with Crippen molar-refractivity contribution < 1.29 is 29.3 Å². The van der Waals surface area contributed by atoms with Gasteiger partial charge < -0.3 is 19.7 Å². The molecule has 0 saturated carbocycles. The number of carbonyl (C=O) groups is 2. The standard InChI is InChI=1S/C12H18O6/c1-7(2)10(14)17-12(16,6-9(5)13)18-11(15)8(3)4/h9,13,16H,1,3,6H2,2,4-5H3. The second-order valence-electron chi connectivity index (χ2n) is 4.11. The SMILES string of the molecule is C=C(C)C(=O)OC(O)(CC(C)O)OC(=O)C(=C)C. The molecule has 0 radical (unpaired) electrons. The van der Waals surface area contributed by atoms with Crippen LogP contribution in [0.25, 0.3) is 0 Å². The maximum absolute atomic E-state index is 11.3. The topological polar surface area (TPSA) is 93.1 Å². The van der Waals surface area contributed by atoms with E-state index >= 15 is 0 Å². The first-order chi connectivity index (χ1) is 8.07. The third-order valence-corrected chi connectivity index (χ3v) is 1.75. The number of carbonyl (C=O) groups excluding carboxylic acids is 2. The summed E-state index contributed by atoms with van der Waals surface area (Å²) in [5, 5.41) is 19.1. The Hall–Kier alpha value is -1.66. The number of ether oxygens (including phenoxy) is 2.